The Bertz CT molecular complexity index is 449. The van der Waals surface area contributed by atoms with Crippen molar-refractivity contribution in [3.05, 3.63) is 11.7 Å². The van der Waals surface area contributed by atoms with Crippen LogP contribution in [0.1, 0.15) is 84.4 Å². The molecule has 4 heteroatoms. The molecule has 2 N–H and O–H groups in total. The molecule has 4 nitrogen and oxygen atoms in total. The Balaban J connectivity index is 2.04. The van der Waals surface area contributed by atoms with Gasteiger partial charge in [-0.15, -0.1) is 0 Å². The molecule has 0 saturated heterocycles. The van der Waals surface area contributed by atoms with Crippen LogP contribution in [0.15, 0.2) is 4.52 Å². The summed E-state index contributed by atoms with van der Waals surface area (Å²) in [6.45, 7) is 11.8. The molecule has 0 radical (unpaired) electrons. The van der Waals surface area contributed by atoms with Crippen LogP contribution in [-0.2, 0) is 5.41 Å². The topological polar surface area (TPSA) is 64.9 Å². The van der Waals surface area contributed by atoms with E-state index in [9.17, 15) is 0 Å². The average Bonchev–Trinajstić information content (AvgIpc) is 2.96. The van der Waals surface area contributed by atoms with E-state index < -0.39 is 0 Å². The van der Waals surface area contributed by atoms with Crippen LogP contribution in [0.4, 0.5) is 0 Å². The van der Waals surface area contributed by atoms with Crippen molar-refractivity contribution in [2.75, 3.05) is 6.54 Å². The maximum Gasteiger partial charge on any atom is 0.233 e. The fraction of sp³-hybridized carbons (Fsp3) is 0.882. The van der Waals surface area contributed by atoms with Gasteiger partial charge in [-0.2, -0.15) is 4.98 Å². The summed E-state index contributed by atoms with van der Waals surface area (Å²) in [4.78, 5) is 4.68. The van der Waals surface area contributed by atoms with Gasteiger partial charge in [0.2, 0.25) is 5.89 Å². The van der Waals surface area contributed by atoms with Crippen LogP contribution in [0, 0.1) is 11.3 Å². The first kappa shape index (κ1) is 16.5. The number of rotatable bonds is 4. The second-order valence-electron chi connectivity index (χ2n) is 7.99. The largest absolute Gasteiger partial charge is 0.339 e. The van der Waals surface area contributed by atoms with Crippen LogP contribution in [-0.4, -0.2) is 16.7 Å². The normalized spacial score (nSPS) is 26.6. The fourth-order valence-electron chi connectivity index (χ4n) is 3.25. The number of hydrogen-bond acceptors (Lipinski definition) is 4. The maximum absolute atomic E-state index is 5.88. The Kier molecular flexibility index (Phi) is 4.76. The zero-order valence-corrected chi connectivity index (χ0v) is 14.3. The lowest BCUT2D eigenvalue weighted by Gasteiger charge is -2.36. The minimum Gasteiger partial charge on any atom is -0.339 e. The minimum absolute atomic E-state index is 0.187. The molecule has 1 atom stereocenters. The van der Waals surface area contributed by atoms with Crippen LogP contribution in [0.5, 0.6) is 0 Å². The number of hydrogen-bond donors (Lipinski definition) is 1. The van der Waals surface area contributed by atoms with Crippen LogP contribution in [0.2, 0.25) is 0 Å². The van der Waals surface area contributed by atoms with Gasteiger partial charge in [-0.1, -0.05) is 32.9 Å². The molecule has 1 aromatic rings. The van der Waals surface area contributed by atoms with Crippen molar-refractivity contribution in [1.82, 2.24) is 10.1 Å². The molecule has 0 bridgehead atoms. The van der Waals surface area contributed by atoms with E-state index in [1.807, 2.05) is 0 Å². The molecule has 0 spiro atoms. The highest BCUT2D eigenvalue weighted by atomic mass is 16.5. The first-order valence-corrected chi connectivity index (χ1v) is 8.34. The summed E-state index contributed by atoms with van der Waals surface area (Å²) in [5.41, 5.74) is 6.10. The average molecular weight is 293 g/mol. The summed E-state index contributed by atoms with van der Waals surface area (Å²) in [5.74, 6) is 2.87. The zero-order valence-electron chi connectivity index (χ0n) is 14.3. The predicted molar refractivity (Wildman–Crippen MR) is 85.1 cm³/mol. The Morgan fingerprint density at radius 3 is 2.24 bits per heavy atom. The highest BCUT2D eigenvalue weighted by molar-refractivity contribution is 5.06. The van der Waals surface area contributed by atoms with Gasteiger partial charge in [0.15, 0.2) is 5.82 Å². The van der Waals surface area contributed by atoms with Gasteiger partial charge < -0.3 is 10.3 Å². The van der Waals surface area contributed by atoms with Crippen LogP contribution in [0.25, 0.3) is 0 Å². The van der Waals surface area contributed by atoms with Gasteiger partial charge in [0, 0.05) is 12.5 Å². The molecule has 21 heavy (non-hydrogen) atoms. The predicted octanol–water partition coefficient (Wildman–Crippen LogP) is 4.02. The van der Waals surface area contributed by atoms with Gasteiger partial charge >= 0.3 is 0 Å². The van der Waals surface area contributed by atoms with Gasteiger partial charge in [-0.25, -0.2) is 0 Å². The van der Waals surface area contributed by atoms with E-state index in [-0.39, 0.29) is 5.41 Å². The quantitative estimate of drug-likeness (QED) is 0.910. The monoisotopic (exact) mass is 293 g/mol. The van der Waals surface area contributed by atoms with Gasteiger partial charge in [0.1, 0.15) is 0 Å². The third-order valence-electron chi connectivity index (χ3n) is 5.51. The summed E-state index contributed by atoms with van der Waals surface area (Å²) < 4.78 is 5.52. The molecule has 1 aliphatic carbocycles. The molecule has 1 aromatic heterocycles. The van der Waals surface area contributed by atoms with Gasteiger partial charge in [0.25, 0.3) is 0 Å². The van der Waals surface area contributed by atoms with Crippen molar-refractivity contribution in [3.8, 4) is 0 Å². The van der Waals surface area contributed by atoms with Crippen molar-refractivity contribution in [2.24, 2.45) is 17.1 Å². The standard InChI is InChI=1S/C17H31N3O/c1-6-17(5,11-18)15-19-14(20-21-15)12-7-9-13(10-8-12)16(2,3)4/h12-13H,6-11,18H2,1-5H3. The third kappa shape index (κ3) is 3.47. The lowest BCUT2D eigenvalue weighted by atomic mass is 9.70. The van der Waals surface area contributed by atoms with Crippen molar-refractivity contribution >= 4 is 0 Å². The molecule has 1 fully saturated rings. The van der Waals surface area contributed by atoms with Crippen molar-refractivity contribution < 1.29 is 4.52 Å². The fourth-order valence-corrected chi connectivity index (χ4v) is 3.25. The minimum atomic E-state index is -0.187. The van der Waals surface area contributed by atoms with E-state index in [1.165, 1.54) is 25.7 Å². The van der Waals surface area contributed by atoms with E-state index in [4.69, 9.17) is 10.3 Å². The number of aromatic nitrogens is 2. The van der Waals surface area contributed by atoms with Crippen molar-refractivity contribution in [3.63, 3.8) is 0 Å². The molecule has 1 unspecified atom stereocenters. The molecular formula is C17H31N3O. The Morgan fingerprint density at radius 2 is 1.76 bits per heavy atom. The summed E-state index contributed by atoms with van der Waals surface area (Å²) in [7, 11) is 0. The second-order valence-corrected chi connectivity index (χ2v) is 7.99. The lowest BCUT2D eigenvalue weighted by Crippen LogP contribution is -2.31. The van der Waals surface area contributed by atoms with Crippen molar-refractivity contribution in [2.45, 2.75) is 78.1 Å². The Morgan fingerprint density at radius 1 is 1.14 bits per heavy atom. The van der Waals surface area contributed by atoms with Crippen LogP contribution >= 0.6 is 0 Å². The first-order chi connectivity index (χ1) is 9.80. The van der Waals surface area contributed by atoms with E-state index >= 15 is 0 Å². The smallest absolute Gasteiger partial charge is 0.233 e. The zero-order chi connectivity index (χ0) is 15.7. The summed E-state index contributed by atoms with van der Waals surface area (Å²) in [6, 6.07) is 0. The van der Waals surface area contributed by atoms with Gasteiger partial charge in [-0.05, 0) is 50.4 Å². The molecule has 2 rings (SSSR count). The maximum atomic E-state index is 5.88. The van der Waals surface area contributed by atoms with Gasteiger partial charge in [0.05, 0.1) is 5.41 Å². The third-order valence-corrected chi connectivity index (χ3v) is 5.51. The van der Waals surface area contributed by atoms with E-state index in [1.54, 1.807) is 0 Å². The Labute approximate surface area is 128 Å². The SMILES string of the molecule is CCC(C)(CN)c1nc(C2CCC(C(C)(C)C)CC2)no1. The molecule has 120 valence electrons. The number of nitrogens with two attached hydrogens (primary N) is 1. The highest BCUT2D eigenvalue weighted by Gasteiger charge is 2.34. The van der Waals surface area contributed by atoms with E-state index in [2.05, 4.69) is 44.8 Å². The Hall–Kier alpha value is -0.900. The number of nitrogens with zero attached hydrogens (tertiary/aromatic N) is 2. The van der Waals surface area contributed by atoms with Crippen LogP contribution in [0.3, 0.4) is 0 Å². The molecule has 1 saturated carbocycles. The van der Waals surface area contributed by atoms with E-state index in [0.717, 1.165) is 18.2 Å². The van der Waals surface area contributed by atoms with E-state index in [0.29, 0.717) is 23.8 Å². The highest BCUT2D eigenvalue weighted by Crippen LogP contribution is 2.42. The molecule has 1 heterocycles. The molecular weight excluding hydrogens is 262 g/mol. The molecule has 0 aromatic carbocycles. The summed E-state index contributed by atoms with van der Waals surface area (Å²) in [5, 5.41) is 4.25. The summed E-state index contributed by atoms with van der Waals surface area (Å²) in [6.07, 6.45) is 5.79. The van der Waals surface area contributed by atoms with Crippen molar-refractivity contribution in [1.29, 1.82) is 0 Å². The second kappa shape index (κ2) is 6.07. The molecule has 0 aliphatic heterocycles. The van der Waals surface area contributed by atoms with Gasteiger partial charge in [-0.3, -0.25) is 0 Å². The summed E-state index contributed by atoms with van der Waals surface area (Å²) >= 11 is 0. The van der Waals surface area contributed by atoms with Crippen LogP contribution < -0.4 is 5.73 Å². The molecule has 0 amide bonds. The lowest BCUT2D eigenvalue weighted by molar-refractivity contribution is 0.166. The molecule has 1 aliphatic rings. The first-order valence-electron chi connectivity index (χ1n) is 8.34.